The molecule has 1 saturated heterocycles. The summed E-state index contributed by atoms with van der Waals surface area (Å²) in [6.07, 6.45) is 3.23. The molecule has 0 spiro atoms. The fourth-order valence-corrected chi connectivity index (χ4v) is 4.00. The second-order valence-corrected chi connectivity index (χ2v) is 7.20. The van der Waals surface area contributed by atoms with E-state index >= 15 is 0 Å². The van der Waals surface area contributed by atoms with Crippen LogP contribution in [0.4, 0.5) is 0 Å². The van der Waals surface area contributed by atoms with Gasteiger partial charge in [-0.3, -0.25) is 0 Å². The summed E-state index contributed by atoms with van der Waals surface area (Å²) in [5.41, 5.74) is 0.341. The molecule has 1 aliphatic rings. The summed E-state index contributed by atoms with van der Waals surface area (Å²) in [6.45, 7) is 3.50. The molecule has 0 amide bonds. The van der Waals surface area contributed by atoms with Crippen molar-refractivity contribution in [2.45, 2.75) is 24.2 Å². The summed E-state index contributed by atoms with van der Waals surface area (Å²) in [5, 5.41) is 8.82. The van der Waals surface area contributed by atoms with E-state index in [1.54, 1.807) is 0 Å². The predicted octanol–water partition coefficient (Wildman–Crippen LogP) is 1.98. The highest BCUT2D eigenvalue weighted by Crippen LogP contribution is 2.22. The van der Waals surface area contributed by atoms with E-state index in [0.717, 1.165) is 26.1 Å². The number of halogens is 1. The lowest BCUT2D eigenvalue weighted by atomic mass is 10.2. The van der Waals surface area contributed by atoms with E-state index in [1.807, 2.05) is 6.07 Å². The average Bonchev–Trinajstić information content (AvgIpc) is 2.96. The van der Waals surface area contributed by atoms with E-state index < -0.39 is 10.0 Å². The van der Waals surface area contributed by atoms with Gasteiger partial charge in [0, 0.05) is 6.54 Å². The van der Waals surface area contributed by atoms with Crippen molar-refractivity contribution in [2.75, 3.05) is 26.2 Å². The van der Waals surface area contributed by atoms with Gasteiger partial charge in [0.25, 0.3) is 0 Å². The number of nitriles is 1. The molecule has 0 bridgehead atoms. The van der Waals surface area contributed by atoms with Crippen LogP contribution in [0.2, 0.25) is 5.02 Å². The molecule has 0 unspecified atom stereocenters. The number of nitrogens with one attached hydrogen (secondary N) is 1. The first kappa shape index (κ1) is 16.2. The third-order valence-electron chi connectivity index (χ3n) is 3.49. The maximum atomic E-state index is 12.2. The van der Waals surface area contributed by atoms with E-state index in [4.69, 9.17) is 16.9 Å². The normalized spacial score (nSPS) is 16.0. The Kier molecular flexibility index (Phi) is 5.59. The number of hydrogen-bond donors (Lipinski definition) is 1. The minimum atomic E-state index is -3.62. The fraction of sp³-hybridized carbons (Fsp3) is 0.500. The molecule has 1 N–H and O–H groups in total. The van der Waals surface area contributed by atoms with Crippen LogP contribution in [-0.4, -0.2) is 39.5 Å². The molecule has 1 fully saturated rings. The second kappa shape index (κ2) is 7.23. The van der Waals surface area contributed by atoms with Gasteiger partial charge >= 0.3 is 0 Å². The van der Waals surface area contributed by atoms with Gasteiger partial charge < -0.3 is 4.90 Å². The van der Waals surface area contributed by atoms with Crippen LogP contribution in [0.15, 0.2) is 23.1 Å². The summed E-state index contributed by atoms with van der Waals surface area (Å²) in [6, 6.07) is 6.10. The SMILES string of the molecule is N#Cc1ccc(S(=O)(=O)NCCCN2CCCC2)c(Cl)c1. The Hall–Kier alpha value is -1.13. The fourth-order valence-electron chi connectivity index (χ4n) is 2.38. The van der Waals surface area contributed by atoms with Crippen molar-refractivity contribution in [2.24, 2.45) is 0 Å². The number of nitrogens with zero attached hydrogens (tertiary/aromatic N) is 2. The second-order valence-electron chi connectivity index (χ2n) is 5.06. The monoisotopic (exact) mass is 327 g/mol. The predicted molar refractivity (Wildman–Crippen MR) is 81.6 cm³/mol. The maximum absolute atomic E-state index is 12.2. The van der Waals surface area contributed by atoms with Gasteiger partial charge in [-0.1, -0.05) is 11.6 Å². The van der Waals surface area contributed by atoms with Crippen LogP contribution in [-0.2, 0) is 10.0 Å². The molecular formula is C14H18ClN3O2S. The minimum absolute atomic E-state index is 0.0179. The number of hydrogen-bond acceptors (Lipinski definition) is 4. The molecular weight excluding hydrogens is 310 g/mol. The van der Waals surface area contributed by atoms with E-state index in [9.17, 15) is 8.42 Å². The number of likely N-dealkylation sites (tertiary alicyclic amines) is 1. The van der Waals surface area contributed by atoms with Gasteiger partial charge in [-0.2, -0.15) is 5.26 Å². The summed E-state index contributed by atoms with van der Waals surface area (Å²) in [7, 11) is -3.62. The third kappa shape index (κ3) is 4.42. The molecule has 0 radical (unpaired) electrons. The highest BCUT2D eigenvalue weighted by atomic mass is 35.5. The van der Waals surface area contributed by atoms with E-state index in [1.165, 1.54) is 31.0 Å². The Balaban J connectivity index is 1.90. The molecule has 0 aromatic heterocycles. The lowest BCUT2D eigenvalue weighted by Crippen LogP contribution is -2.29. The smallest absolute Gasteiger partial charge is 0.242 e. The molecule has 21 heavy (non-hydrogen) atoms. The Morgan fingerprint density at radius 2 is 2.05 bits per heavy atom. The Morgan fingerprint density at radius 1 is 1.33 bits per heavy atom. The highest BCUT2D eigenvalue weighted by Gasteiger charge is 2.18. The van der Waals surface area contributed by atoms with Gasteiger partial charge in [-0.05, 0) is 57.1 Å². The first-order valence-electron chi connectivity index (χ1n) is 6.94. The van der Waals surface area contributed by atoms with Crippen LogP contribution in [0.25, 0.3) is 0 Å². The zero-order valence-electron chi connectivity index (χ0n) is 11.7. The number of sulfonamides is 1. The lowest BCUT2D eigenvalue weighted by molar-refractivity contribution is 0.334. The van der Waals surface area contributed by atoms with E-state index in [0.29, 0.717) is 12.1 Å². The Morgan fingerprint density at radius 3 is 2.67 bits per heavy atom. The van der Waals surface area contributed by atoms with Crippen molar-refractivity contribution < 1.29 is 8.42 Å². The van der Waals surface area contributed by atoms with Crippen LogP contribution in [0.5, 0.6) is 0 Å². The summed E-state index contributed by atoms with van der Waals surface area (Å²) >= 11 is 5.93. The van der Waals surface area contributed by atoms with Gasteiger partial charge in [-0.15, -0.1) is 0 Å². The molecule has 1 aliphatic heterocycles. The zero-order valence-corrected chi connectivity index (χ0v) is 13.3. The van der Waals surface area contributed by atoms with E-state index in [-0.39, 0.29) is 9.92 Å². The zero-order chi connectivity index (χ0) is 15.3. The van der Waals surface area contributed by atoms with Crippen molar-refractivity contribution in [1.29, 1.82) is 5.26 Å². The van der Waals surface area contributed by atoms with Crippen molar-refractivity contribution >= 4 is 21.6 Å². The summed E-state index contributed by atoms with van der Waals surface area (Å²) in [4.78, 5) is 2.35. The molecule has 1 aromatic carbocycles. The van der Waals surface area contributed by atoms with Crippen molar-refractivity contribution in [3.05, 3.63) is 28.8 Å². The molecule has 1 heterocycles. The van der Waals surface area contributed by atoms with Gasteiger partial charge in [0.05, 0.1) is 16.7 Å². The molecule has 0 atom stereocenters. The van der Waals surface area contributed by atoms with Gasteiger partial charge in [0.1, 0.15) is 4.90 Å². The third-order valence-corrected chi connectivity index (χ3v) is 5.44. The van der Waals surface area contributed by atoms with Crippen LogP contribution >= 0.6 is 11.6 Å². The topological polar surface area (TPSA) is 73.2 Å². The van der Waals surface area contributed by atoms with Gasteiger partial charge in [0.15, 0.2) is 0 Å². The van der Waals surface area contributed by atoms with Crippen LogP contribution in [0.3, 0.4) is 0 Å². The maximum Gasteiger partial charge on any atom is 0.242 e. The first-order chi connectivity index (χ1) is 10.0. The molecule has 7 heteroatoms. The van der Waals surface area contributed by atoms with Crippen molar-refractivity contribution in [1.82, 2.24) is 9.62 Å². The largest absolute Gasteiger partial charge is 0.303 e. The van der Waals surface area contributed by atoms with Crippen molar-refractivity contribution in [3.63, 3.8) is 0 Å². The lowest BCUT2D eigenvalue weighted by Gasteiger charge is -2.14. The molecule has 0 saturated carbocycles. The molecule has 0 aliphatic carbocycles. The Bertz CT molecular complexity index is 634. The first-order valence-corrected chi connectivity index (χ1v) is 8.81. The Labute approximate surface area is 130 Å². The summed E-state index contributed by atoms with van der Waals surface area (Å²) < 4.78 is 26.9. The van der Waals surface area contributed by atoms with E-state index in [2.05, 4.69) is 9.62 Å². The minimum Gasteiger partial charge on any atom is -0.303 e. The van der Waals surface area contributed by atoms with Crippen molar-refractivity contribution in [3.8, 4) is 6.07 Å². The molecule has 5 nitrogen and oxygen atoms in total. The quantitative estimate of drug-likeness (QED) is 0.811. The molecule has 114 valence electrons. The van der Waals surface area contributed by atoms with Gasteiger partial charge in [0.2, 0.25) is 10.0 Å². The van der Waals surface area contributed by atoms with Crippen LogP contribution in [0.1, 0.15) is 24.8 Å². The molecule has 2 rings (SSSR count). The van der Waals surface area contributed by atoms with Gasteiger partial charge in [-0.25, -0.2) is 13.1 Å². The number of benzene rings is 1. The average molecular weight is 328 g/mol. The summed E-state index contributed by atoms with van der Waals surface area (Å²) in [5.74, 6) is 0. The number of rotatable bonds is 6. The highest BCUT2D eigenvalue weighted by molar-refractivity contribution is 7.89. The standard InChI is InChI=1S/C14H18ClN3O2S/c15-13-10-12(11-16)4-5-14(13)21(19,20)17-6-3-9-18-7-1-2-8-18/h4-5,10,17H,1-3,6-9H2. The van der Waals surface area contributed by atoms with Crippen LogP contribution < -0.4 is 4.72 Å². The molecule has 1 aromatic rings. The van der Waals surface area contributed by atoms with Crippen LogP contribution in [0, 0.1) is 11.3 Å².